The summed E-state index contributed by atoms with van der Waals surface area (Å²) in [6, 6.07) is 33.1. The van der Waals surface area contributed by atoms with Crippen molar-refractivity contribution in [3.05, 3.63) is 109 Å². The molecule has 5 heteroatoms. The van der Waals surface area contributed by atoms with Crippen LogP contribution in [0.15, 0.2) is 109 Å². The number of benzene rings is 4. The van der Waals surface area contributed by atoms with Gasteiger partial charge in [0.25, 0.3) is 0 Å². The van der Waals surface area contributed by atoms with Crippen molar-refractivity contribution < 1.29 is 24.3 Å². The van der Waals surface area contributed by atoms with Crippen LogP contribution in [0.3, 0.4) is 0 Å². The Hall–Kier alpha value is -3.96. The van der Waals surface area contributed by atoms with Gasteiger partial charge in [0.05, 0.1) is 0 Å². The molecule has 0 aromatic heterocycles. The predicted octanol–water partition coefficient (Wildman–Crippen LogP) is 6.58. The minimum absolute atomic E-state index is 0.481. The number of para-hydroxylation sites is 2. The second kappa shape index (κ2) is 9.30. The maximum Gasteiger partial charge on any atom is 0.169 e. The number of hydrogen-bond acceptors (Lipinski definition) is 5. The third-order valence-electron chi connectivity index (χ3n) is 3.87. The van der Waals surface area contributed by atoms with E-state index in [2.05, 4.69) is 0 Å². The first kappa shape index (κ1) is 18.4. The topological polar surface area (TPSA) is 46.2 Å². The second-order valence-corrected chi connectivity index (χ2v) is 6.01. The Morgan fingerprint density at radius 2 is 0.621 bits per heavy atom. The molecule has 29 heavy (non-hydrogen) atoms. The van der Waals surface area contributed by atoms with E-state index in [1.165, 1.54) is 0 Å². The van der Waals surface area contributed by atoms with Crippen molar-refractivity contribution in [2.24, 2.45) is 0 Å². The minimum atomic E-state index is 0.481. The van der Waals surface area contributed by atoms with E-state index in [0.29, 0.717) is 23.0 Å². The lowest BCUT2D eigenvalue weighted by atomic mass is 10.3. The van der Waals surface area contributed by atoms with Crippen molar-refractivity contribution in [1.82, 2.24) is 0 Å². The molecule has 0 aliphatic heterocycles. The van der Waals surface area contributed by atoms with E-state index in [1.54, 1.807) is 48.5 Å². The standard InChI is InChI=1S/C24H18O5/c1-3-7-19(8-4-1)25-21-11-15-23(16-12-21)27-29-28-24-17-13-22(14-18-24)26-20-9-5-2-6-10-20/h1-18H. The van der Waals surface area contributed by atoms with Crippen molar-refractivity contribution in [3.63, 3.8) is 0 Å². The van der Waals surface area contributed by atoms with Crippen LogP contribution >= 0.6 is 0 Å². The van der Waals surface area contributed by atoms with E-state index in [-0.39, 0.29) is 0 Å². The first-order valence-electron chi connectivity index (χ1n) is 9.02. The summed E-state index contributed by atoms with van der Waals surface area (Å²) < 4.78 is 11.4. The zero-order valence-corrected chi connectivity index (χ0v) is 15.4. The van der Waals surface area contributed by atoms with Crippen LogP contribution in [-0.4, -0.2) is 0 Å². The Morgan fingerprint density at radius 3 is 1.00 bits per heavy atom. The first-order valence-corrected chi connectivity index (χ1v) is 9.02. The van der Waals surface area contributed by atoms with Gasteiger partial charge in [0.15, 0.2) is 11.5 Å². The monoisotopic (exact) mass is 386 g/mol. The zero-order valence-electron chi connectivity index (χ0n) is 15.4. The largest absolute Gasteiger partial charge is 0.457 e. The molecule has 0 spiro atoms. The molecule has 5 nitrogen and oxygen atoms in total. The van der Waals surface area contributed by atoms with E-state index in [0.717, 1.165) is 11.5 Å². The second-order valence-electron chi connectivity index (χ2n) is 6.01. The molecule has 0 aliphatic carbocycles. The fourth-order valence-electron chi connectivity index (χ4n) is 2.47. The molecule has 0 N–H and O–H groups in total. The highest BCUT2D eigenvalue weighted by molar-refractivity contribution is 5.36. The normalized spacial score (nSPS) is 10.2. The van der Waals surface area contributed by atoms with Crippen LogP contribution in [0.4, 0.5) is 0 Å². The Balaban J connectivity index is 1.24. The van der Waals surface area contributed by atoms with Crippen LogP contribution in [0.2, 0.25) is 0 Å². The maximum atomic E-state index is 5.72. The lowest BCUT2D eigenvalue weighted by Gasteiger charge is -2.08. The average molecular weight is 386 g/mol. The van der Waals surface area contributed by atoms with Crippen molar-refractivity contribution in [3.8, 4) is 34.5 Å². The van der Waals surface area contributed by atoms with Gasteiger partial charge in [-0.05, 0) is 72.8 Å². The summed E-state index contributed by atoms with van der Waals surface area (Å²) in [5, 5.41) is 4.84. The Kier molecular flexibility index (Phi) is 5.90. The Bertz CT molecular complexity index is 916. The van der Waals surface area contributed by atoms with Crippen molar-refractivity contribution >= 4 is 0 Å². The van der Waals surface area contributed by atoms with Crippen LogP contribution in [0, 0.1) is 0 Å². The Morgan fingerprint density at radius 1 is 0.310 bits per heavy atom. The highest BCUT2D eigenvalue weighted by Crippen LogP contribution is 2.25. The molecular weight excluding hydrogens is 368 g/mol. The van der Waals surface area contributed by atoms with Crippen molar-refractivity contribution in [2.75, 3.05) is 0 Å². The van der Waals surface area contributed by atoms with Gasteiger partial charge in [0, 0.05) is 5.04 Å². The van der Waals surface area contributed by atoms with Gasteiger partial charge in [-0.15, -0.1) is 0 Å². The van der Waals surface area contributed by atoms with Gasteiger partial charge in [-0.2, -0.15) is 0 Å². The zero-order chi connectivity index (χ0) is 19.7. The van der Waals surface area contributed by atoms with Crippen molar-refractivity contribution in [1.29, 1.82) is 0 Å². The number of rotatable bonds is 8. The summed E-state index contributed by atoms with van der Waals surface area (Å²) in [5.41, 5.74) is 0. The maximum absolute atomic E-state index is 5.72. The molecule has 0 aliphatic rings. The summed E-state index contributed by atoms with van der Waals surface area (Å²) >= 11 is 0. The molecule has 0 atom stereocenters. The summed E-state index contributed by atoms with van der Waals surface area (Å²) in [7, 11) is 0. The molecule has 0 fully saturated rings. The summed E-state index contributed by atoms with van der Waals surface area (Å²) in [4.78, 5) is 10.3. The van der Waals surface area contributed by atoms with Crippen LogP contribution in [0.25, 0.3) is 0 Å². The summed E-state index contributed by atoms with van der Waals surface area (Å²) in [6.07, 6.45) is 0. The smallest absolute Gasteiger partial charge is 0.169 e. The van der Waals surface area contributed by atoms with Gasteiger partial charge in [-0.25, -0.2) is 0 Å². The molecule has 0 bridgehead atoms. The highest BCUT2D eigenvalue weighted by atomic mass is 17.5. The quantitative estimate of drug-likeness (QED) is 0.253. The van der Waals surface area contributed by atoms with E-state index >= 15 is 0 Å². The van der Waals surface area contributed by atoms with E-state index in [4.69, 9.17) is 24.3 Å². The number of ether oxygens (including phenoxy) is 2. The van der Waals surface area contributed by atoms with E-state index in [9.17, 15) is 0 Å². The van der Waals surface area contributed by atoms with E-state index < -0.39 is 0 Å². The molecule has 0 heterocycles. The molecule has 0 amide bonds. The van der Waals surface area contributed by atoms with Crippen LogP contribution in [0.1, 0.15) is 0 Å². The average Bonchev–Trinajstić information content (AvgIpc) is 2.78. The molecule has 4 rings (SSSR count). The third-order valence-corrected chi connectivity index (χ3v) is 3.87. The van der Waals surface area contributed by atoms with Gasteiger partial charge in [0.1, 0.15) is 23.0 Å². The first-order chi connectivity index (χ1) is 14.3. The molecule has 0 radical (unpaired) electrons. The van der Waals surface area contributed by atoms with Gasteiger partial charge < -0.3 is 9.47 Å². The lowest BCUT2D eigenvalue weighted by Crippen LogP contribution is -2.01. The van der Waals surface area contributed by atoms with Gasteiger partial charge in [-0.3, -0.25) is 9.78 Å². The molecule has 0 unspecified atom stereocenters. The lowest BCUT2D eigenvalue weighted by molar-refractivity contribution is -0.411. The molecule has 4 aromatic rings. The molecule has 0 saturated heterocycles. The summed E-state index contributed by atoms with van der Waals surface area (Å²) in [6.45, 7) is 0. The van der Waals surface area contributed by atoms with Gasteiger partial charge >= 0.3 is 0 Å². The molecule has 0 saturated carbocycles. The fourth-order valence-corrected chi connectivity index (χ4v) is 2.47. The predicted molar refractivity (Wildman–Crippen MR) is 108 cm³/mol. The Labute approximate surface area is 168 Å². The van der Waals surface area contributed by atoms with Crippen LogP contribution in [-0.2, 0) is 5.04 Å². The fraction of sp³-hybridized carbons (Fsp3) is 0. The molecule has 4 aromatic carbocycles. The number of hydrogen-bond donors (Lipinski definition) is 0. The molecular formula is C24H18O5. The van der Waals surface area contributed by atoms with E-state index in [1.807, 2.05) is 60.7 Å². The molecule has 144 valence electrons. The SMILES string of the molecule is c1ccc(Oc2ccc(OOOc3ccc(Oc4ccccc4)cc3)cc2)cc1. The minimum Gasteiger partial charge on any atom is -0.457 e. The van der Waals surface area contributed by atoms with Gasteiger partial charge in [0.2, 0.25) is 0 Å². The summed E-state index contributed by atoms with van der Waals surface area (Å²) in [5.74, 6) is 3.88. The van der Waals surface area contributed by atoms with Crippen molar-refractivity contribution in [2.45, 2.75) is 0 Å². The van der Waals surface area contributed by atoms with Gasteiger partial charge in [-0.1, -0.05) is 36.4 Å². The van der Waals surface area contributed by atoms with Crippen LogP contribution in [0.5, 0.6) is 34.5 Å². The third kappa shape index (κ3) is 5.51. The highest BCUT2D eigenvalue weighted by Gasteiger charge is 2.02. The van der Waals surface area contributed by atoms with Crippen LogP contribution < -0.4 is 19.2 Å².